The van der Waals surface area contributed by atoms with E-state index in [-0.39, 0.29) is 58.3 Å². The number of nitrogens with one attached hydrogen (secondary N) is 2. The molecule has 6 saturated carbocycles. The van der Waals surface area contributed by atoms with Crippen molar-refractivity contribution in [2.45, 2.75) is 198 Å². The molecule has 390 valence electrons. The van der Waals surface area contributed by atoms with Crippen molar-refractivity contribution in [3.05, 3.63) is 82.5 Å². The molecule has 9 aliphatic carbocycles. The fraction of sp³-hybridized carbons (Fsp3) is 0.714. The summed E-state index contributed by atoms with van der Waals surface area (Å²) in [6.45, 7) is 12.9. The van der Waals surface area contributed by atoms with Gasteiger partial charge in [0.25, 0.3) is 0 Å². The van der Waals surface area contributed by atoms with E-state index in [4.69, 9.17) is 10.5 Å². The Morgan fingerprint density at radius 3 is 2.51 bits per heavy atom. The molecule has 9 heteroatoms. The Morgan fingerprint density at radius 1 is 0.903 bits per heavy atom. The number of nitrogens with two attached hydrogens (primary N) is 1. The van der Waals surface area contributed by atoms with Crippen LogP contribution in [0.4, 0.5) is 5.69 Å². The molecular formula is C63H87N3O6. The number of phenols is 1. The molecule has 0 amide bonds. The molecule has 2 aromatic carbocycles. The standard InChI is InChI=1S/C63H87N3O6/c1-58(71)25-9-10-26-63-27-13-20-47(51(56(63)70)39-28-36(34-65-6)29-41(67)31-39)61(4)50-24-23-46-53(49(68)33-59(46,2)60(50,3)32-48(55(61)63)66-35-58)52-43-17-8-7-14-37(43)21-22-44(52)54(69)57-62(5,72-57)45-19-12-18-42(45)38-15-11-16-40(64)30-38/h11,13,15-16,20,28-31,37,42-45,47-48,50-52,54-55,57,65-67,69,71H,7-10,12,14,17-19,21-27,32-35,64H2,1-6H3. The third kappa shape index (κ3) is 7.28. The number of aliphatic hydroxyl groups is 2. The third-order valence-corrected chi connectivity index (χ3v) is 23.7. The van der Waals surface area contributed by atoms with Crippen molar-refractivity contribution in [1.29, 1.82) is 0 Å². The number of rotatable bonds is 8. The molecule has 2 saturated heterocycles. The molecule has 2 aromatic rings. The lowest BCUT2D eigenvalue weighted by Gasteiger charge is -2.72. The molecular weight excluding hydrogens is 895 g/mol. The van der Waals surface area contributed by atoms with E-state index < -0.39 is 34.1 Å². The van der Waals surface area contributed by atoms with Crippen LogP contribution in [0.2, 0.25) is 0 Å². The number of anilines is 1. The Labute approximate surface area is 430 Å². The van der Waals surface area contributed by atoms with Crippen molar-refractivity contribution >= 4 is 17.3 Å². The monoisotopic (exact) mass is 982 g/mol. The summed E-state index contributed by atoms with van der Waals surface area (Å²) in [4.78, 5) is 31.8. The highest BCUT2D eigenvalue weighted by Gasteiger charge is 2.76. The molecule has 0 radical (unpaired) electrons. The van der Waals surface area contributed by atoms with Crippen LogP contribution in [0.1, 0.15) is 179 Å². The van der Waals surface area contributed by atoms with E-state index in [0.717, 1.165) is 99.4 Å². The fourth-order valence-electron chi connectivity index (χ4n) is 20.6. The zero-order valence-corrected chi connectivity index (χ0v) is 44.5. The van der Waals surface area contributed by atoms with Gasteiger partial charge in [-0.25, -0.2) is 0 Å². The number of carbonyl (C=O) groups is 2. The minimum atomic E-state index is -0.876. The molecule has 8 fully saturated rings. The van der Waals surface area contributed by atoms with E-state index in [9.17, 15) is 15.3 Å². The minimum absolute atomic E-state index is 0.0127. The summed E-state index contributed by atoms with van der Waals surface area (Å²) in [6.07, 6.45) is 21.1. The largest absolute Gasteiger partial charge is 0.508 e. The van der Waals surface area contributed by atoms with E-state index in [1.807, 2.05) is 32.2 Å². The summed E-state index contributed by atoms with van der Waals surface area (Å²) in [5.41, 5.74) is 9.81. The maximum absolute atomic E-state index is 16.0. The zero-order chi connectivity index (χ0) is 50.3. The topological polar surface area (TPSA) is 157 Å². The highest BCUT2D eigenvalue weighted by molar-refractivity contribution is 6.01. The maximum Gasteiger partial charge on any atom is 0.160 e. The Balaban J connectivity index is 0.952. The van der Waals surface area contributed by atoms with E-state index in [1.54, 1.807) is 0 Å². The highest BCUT2D eigenvalue weighted by atomic mass is 16.6. The molecule has 19 atom stereocenters. The first-order valence-electron chi connectivity index (χ1n) is 29.0. The number of Topliss-reactive ketones (excluding diaryl/α,β-unsaturated/α-hetero) is 2. The molecule has 2 bridgehead atoms. The highest BCUT2D eigenvalue weighted by Crippen LogP contribution is 2.78. The van der Waals surface area contributed by atoms with Gasteiger partial charge in [-0.2, -0.15) is 0 Å². The molecule has 11 aliphatic rings. The van der Waals surface area contributed by atoms with Crippen molar-refractivity contribution in [3.8, 4) is 5.75 Å². The smallest absolute Gasteiger partial charge is 0.160 e. The van der Waals surface area contributed by atoms with E-state index in [0.29, 0.717) is 67.6 Å². The number of allylic oxidation sites excluding steroid dienone is 4. The number of ether oxygens (including phenoxy) is 1. The number of aliphatic hydroxyl groups excluding tert-OH is 1. The van der Waals surface area contributed by atoms with Gasteiger partial charge in [0, 0.05) is 42.1 Å². The second-order valence-corrected chi connectivity index (χ2v) is 27.2. The number of ketones is 2. The molecule has 7 N–H and O–H groups in total. The minimum Gasteiger partial charge on any atom is -0.508 e. The summed E-state index contributed by atoms with van der Waals surface area (Å²) in [6, 6.07) is 14.2. The fourth-order valence-corrected chi connectivity index (χ4v) is 20.6. The first-order chi connectivity index (χ1) is 34.4. The van der Waals surface area contributed by atoms with Crippen molar-refractivity contribution in [1.82, 2.24) is 10.6 Å². The Bertz CT molecular complexity index is 2550. The molecule has 13 rings (SSSR count). The molecule has 2 heterocycles. The van der Waals surface area contributed by atoms with Gasteiger partial charge in [-0.15, -0.1) is 0 Å². The van der Waals surface area contributed by atoms with Crippen LogP contribution in [0.25, 0.3) is 0 Å². The molecule has 0 aromatic heterocycles. The van der Waals surface area contributed by atoms with E-state index in [2.05, 4.69) is 74.7 Å². The Hall–Kier alpha value is -3.34. The van der Waals surface area contributed by atoms with Crippen LogP contribution in [0.15, 0.2) is 65.8 Å². The Morgan fingerprint density at radius 2 is 1.71 bits per heavy atom. The molecule has 2 aliphatic heterocycles. The number of nitrogen functional groups attached to an aromatic ring is 1. The number of β-amino-alcohol motifs (C(OH)–C–C–N with tert-alkyl or cyclic N) is 1. The maximum atomic E-state index is 16.0. The Kier molecular flexibility index (Phi) is 12.1. The molecule has 1 spiro atoms. The summed E-state index contributed by atoms with van der Waals surface area (Å²) in [7, 11) is 1.92. The lowest BCUT2D eigenvalue weighted by Crippen LogP contribution is -2.72. The normalized spacial score (nSPS) is 47.0. The van der Waals surface area contributed by atoms with Gasteiger partial charge in [0.15, 0.2) is 5.78 Å². The van der Waals surface area contributed by atoms with E-state index >= 15 is 9.59 Å². The first-order valence-corrected chi connectivity index (χ1v) is 29.0. The van der Waals surface area contributed by atoms with Gasteiger partial charge in [0.2, 0.25) is 0 Å². The predicted molar refractivity (Wildman–Crippen MR) is 283 cm³/mol. The van der Waals surface area contributed by atoms with Crippen LogP contribution in [-0.4, -0.2) is 69.9 Å². The zero-order valence-electron chi connectivity index (χ0n) is 44.5. The lowest BCUT2D eigenvalue weighted by molar-refractivity contribution is -0.211. The number of hydrogen-bond acceptors (Lipinski definition) is 9. The second-order valence-electron chi connectivity index (χ2n) is 27.2. The number of phenolic OH excluding ortho intramolecular Hbond substituents is 1. The average molecular weight is 982 g/mol. The van der Waals surface area contributed by atoms with Crippen LogP contribution >= 0.6 is 0 Å². The SMILES string of the molecule is CNCc1cc(O)cc(C2C(=O)C34CC=CC2C2(C)C3C(CC3(C)C2CCC2=C(C5C6CCCCC6CCC5C(O)C5OC5(C)C5CCCC5c5cccc(N)c5)C(=O)CC23C)NCC(C)(O)CCCC4)c1. The van der Waals surface area contributed by atoms with Crippen LogP contribution in [0, 0.1) is 69.0 Å². The second kappa shape index (κ2) is 17.6. The quantitative estimate of drug-likeness (QED) is 0.0861. The van der Waals surface area contributed by atoms with Crippen LogP contribution in [-0.2, 0) is 20.9 Å². The van der Waals surface area contributed by atoms with Crippen LogP contribution in [0.5, 0.6) is 5.75 Å². The number of carbonyl (C=O) groups excluding carboxylic acids is 2. The number of epoxide rings is 1. The van der Waals surface area contributed by atoms with Gasteiger partial charge in [0.05, 0.1) is 23.2 Å². The van der Waals surface area contributed by atoms with E-state index in [1.165, 1.54) is 30.4 Å². The van der Waals surface area contributed by atoms with Gasteiger partial charge in [-0.1, -0.05) is 95.2 Å². The predicted octanol–water partition coefficient (Wildman–Crippen LogP) is 10.9. The number of benzene rings is 2. The first kappa shape index (κ1) is 49.5. The number of fused-ring (bicyclic) bond motifs is 6. The lowest BCUT2D eigenvalue weighted by atomic mass is 9.32. The molecule has 9 nitrogen and oxygen atoms in total. The summed E-state index contributed by atoms with van der Waals surface area (Å²) < 4.78 is 6.88. The van der Waals surface area contributed by atoms with Gasteiger partial charge in [0.1, 0.15) is 17.6 Å². The number of hydrogen-bond donors (Lipinski definition) is 6. The van der Waals surface area contributed by atoms with Crippen molar-refractivity contribution in [3.63, 3.8) is 0 Å². The van der Waals surface area contributed by atoms with Crippen molar-refractivity contribution in [2.24, 2.45) is 69.0 Å². The van der Waals surface area contributed by atoms with Crippen LogP contribution in [0.3, 0.4) is 0 Å². The molecule has 19 unspecified atom stereocenters. The average Bonchev–Trinajstić information content (AvgIpc) is 3.73. The third-order valence-electron chi connectivity index (χ3n) is 23.7. The van der Waals surface area contributed by atoms with Crippen molar-refractivity contribution in [2.75, 3.05) is 19.3 Å². The van der Waals surface area contributed by atoms with Gasteiger partial charge in [-0.05, 0) is 202 Å². The van der Waals surface area contributed by atoms with Gasteiger partial charge >= 0.3 is 0 Å². The molecule has 72 heavy (non-hydrogen) atoms. The van der Waals surface area contributed by atoms with Crippen molar-refractivity contribution < 1.29 is 29.6 Å². The summed E-state index contributed by atoms with van der Waals surface area (Å²) in [5.74, 6) is 2.17. The summed E-state index contributed by atoms with van der Waals surface area (Å²) in [5, 5.41) is 43.6. The van der Waals surface area contributed by atoms with Crippen LogP contribution < -0.4 is 16.4 Å². The van der Waals surface area contributed by atoms with Gasteiger partial charge < -0.3 is 36.4 Å². The van der Waals surface area contributed by atoms with Gasteiger partial charge in [-0.3, -0.25) is 9.59 Å². The summed E-state index contributed by atoms with van der Waals surface area (Å²) >= 11 is 0. The number of aromatic hydroxyl groups is 1.